The SMILES string of the molecule is CC1(C)CCC[C@H]1n1c(=O)cc(O)n(CCc2cccc(C(F)(F)F)c2)c1=O. The molecule has 2 aromatic rings. The number of benzene rings is 1. The van der Waals surface area contributed by atoms with Crippen LogP contribution in [0.5, 0.6) is 5.88 Å². The summed E-state index contributed by atoms with van der Waals surface area (Å²) in [5, 5.41) is 10.1. The molecule has 0 amide bonds. The van der Waals surface area contributed by atoms with Gasteiger partial charge in [0.2, 0.25) is 5.88 Å². The van der Waals surface area contributed by atoms with Crippen molar-refractivity contribution < 1.29 is 18.3 Å². The van der Waals surface area contributed by atoms with E-state index >= 15 is 0 Å². The first-order chi connectivity index (χ1) is 13.0. The summed E-state index contributed by atoms with van der Waals surface area (Å²) < 4.78 is 40.8. The van der Waals surface area contributed by atoms with Crippen molar-refractivity contribution in [2.45, 2.75) is 58.3 Å². The number of nitrogens with zero attached hydrogens (tertiary/aromatic N) is 2. The molecule has 1 fully saturated rings. The van der Waals surface area contributed by atoms with Crippen LogP contribution in [0.4, 0.5) is 13.2 Å². The van der Waals surface area contributed by atoms with E-state index < -0.39 is 28.9 Å². The molecule has 5 nitrogen and oxygen atoms in total. The lowest BCUT2D eigenvalue weighted by Gasteiger charge is -2.28. The van der Waals surface area contributed by atoms with Gasteiger partial charge >= 0.3 is 11.9 Å². The van der Waals surface area contributed by atoms with Crippen molar-refractivity contribution in [2.75, 3.05) is 0 Å². The van der Waals surface area contributed by atoms with E-state index in [2.05, 4.69) is 0 Å². The summed E-state index contributed by atoms with van der Waals surface area (Å²) in [4.78, 5) is 25.3. The standard InChI is InChI=1S/C20H23F3N2O3/c1-19(2)9-4-7-15(19)25-17(27)12-16(26)24(18(25)28)10-8-13-5-3-6-14(11-13)20(21,22)23/h3,5-6,11-12,15,26H,4,7-10H2,1-2H3/t15-/m1/s1. The molecule has 1 aliphatic carbocycles. The number of aromatic hydroxyl groups is 1. The molecule has 8 heteroatoms. The average Bonchev–Trinajstić information content (AvgIpc) is 2.93. The molecule has 0 bridgehead atoms. The zero-order chi connectivity index (χ0) is 20.7. The van der Waals surface area contributed by atoms with Crippen molar-refractivity contribution in [1.29, 1.82) is 0 Å². The molecule has 0 aliphatic heterocycles. The maximum absolute atomic E-state index is 12.9. The molecule has 1 heterocycles. The molecule has 0 spiro atoms. The van der Waals surface area contributed by atoms with Crippen LogP contribution in [0.2, 0.25) is 0 Å². The number of alkyl halides is 3. The lowest BCUT2D eigenvalue weighted by molar-refractivity contribution is -0.137. The number of rotatable bonds is 4. The van der Waals surface area contributed by atoms with Crippen molar-refractivity contribution in [3.8, 4) is 5.88 Å². The van der Waals surface area contributed by atoms with Gasteiger partial charge in [0.15, 0.2) is 0 Å². The molecule has 1 aliphatic rings. The highest BCUT2D eigenvalue weighted by molar-refractivity contribution is 5.26. The van der Waals surface area contributed by atoms with Gasteiger partial charge < -0.3 is 5.11 Å². The highest BCUT2D eigenvalue weighted by Gasteiger charge is 2.37. The predicted octanol–water partition coefficient (Wildman–Crippen LogP) is 3.73. The van der Waals surface area contributed by atoms with E-state index in [1.807, 2.05) is 13.8 Å². The summed E-state index contributed by atoms with van der Waals surface area (Å²) in [6.45, 7) is 3.96. The van der Waals surface area contributed by atoms with E-state index in [1.54, 1.807) is 0 Å². The number of hydrogen-bond donors (Lipinski definition) is 1. The van der Waals surface area contributed by atoms with Gasteiger partial charge in [-0.2, -0.15) is 13.2 Å². The van der Waals surface area contributed by atoms with E-state index in [1.165, 1.54) is 16.7 Å². The first-order valence-electron chi connectivity index (χ1n) is 9.22. The molecule has 1 atom stereocenters. The molecule has 1 aromatic carbocycles. The Hall–Kier alpha value is -2.51. The number of halogens is 3. The Morgan fingerprint density at radius 2 is 1.93 bits per heavy atom. The van der Waals surface area contributed by atoms with Gasteiger partial charge in [0.05, 0.1) is 11.6 Å². The highest BCUT2D eigenvalue weighted by Crippen LogP contribution is 2.44. The van der Waals surface area contributed by atoms with E-state index in [0.717, 1.165) is 35.6 Å². The third-order valence-corrected chi connectivity index (χ3v) is 5.59. The van der Waals surface area contributed by atoms with Gasteiger partial charge in [0.25, 0.3) is 5.56 Å². The normalized spacial score (nSPS) is 19.1. The van der Waals surface area contributed by atoms with E-state index in [-0.39, 0.29) is 24.4 Å². The molecular formula is C20H23F3N2O3. The second-order valence-electron chi connectivity index (χ2n) is 7.99. The summed E-state index contributed by atoms with van der Waals surface area (Å²) in [6.07, 6.45) is -1.86. The Kier molecular flexibility index (Phi) is 5.16. The van der Waals surface area contributed by atoms with Gasteiger partial charge in [0.1, 0.15) is 0 Å². The van der Waals surface area contributed by atoms with Crippen LogP contribution in [-0.4, -0.2) is 14.2 Å². The Balaban J connectivity index is 1.93. The van der Waals surface area contributed by atoms with Crippen LogP contribution in [0.1, 0.15) is 50.3 Å². The average molecular weight is 396 g/mol. The third kappa shape index (κ3) is 3.86. The van der Waals surface area contributed by atoms with Crippen molar-refractivity contribution in [3.05, 3.63) is 62.3 Å². The largest absolute Gasteiger partial charge is 0.494 e. The predicted molar refractivity (Wildman–Crippen MR) is 98.4 cm³/mol. The molecular weight excluding hydrogens is 373 g/mol. The number of hydrogen-bond acceptors (Lipinski definition) is 3. The van der Waals surface area contributed by atoms with Crippen LogP contribution >= 0.6 is 0 Å². The van der Waals surface area contributed by atoms with Gasteiger partial charge in [-0.1, -0.05) is 38.5 Å². The smallest absolute Gasteiger partial charge is 0.416 e. The monoisotopic (exact) mass is 396 g/mol. The van der Waals surface area contributed by atoms with Crippen molar-refractivity contribution in [2.24, 2.45) is 5.41 Å². The zero-order valence-electron chi connectivity index (χ0n) is 15.8. The minimum Gasteiger partial charge on any atom is -0.494 e. The maximum atomic E-state index is 12.9. The van der Waals surface area contributed by atoms with Gasteiger partial charge in [-0.25, -0.2) is 4.79 Å². The summed E-state index contributed by atoms with van der Waals surface area (Å²) >= 11 is 0. The molecule has 28 heavy (non-hydrogen) atoms. The van der Waals surface area contributed by atoms with Crippen LogP contribution in [0, 0.1) is 5.41 Å². The minimum absolute atomic E-state index is 0.0284. The first-order valence-corrected chi connectivity index (χ1v) is 9.22. The maximum Gasteiger partial charge on any atom is 0.416 e. The van der Waals surface area contributed by atoms with Crippen molar-refractivity contribution >= 4 is 0 Å². The third-order valence-electron chi connectivity index (χ3n) is 5.59. The fourth-order valence-electron chi connectivity index (χ4n) is 4.01. The molecule has 152 valence electrons. The Bertz CT molecular complexity index is 989. The lowest BCUT2D eigenvalue weighted by Crippen LogP contribution is -2.44. The van der Waals surface area contributed by atoms with Crippen LogP contribution in [0.25, 0.3) is 0 Å². The number of aryl methyl sites for hydroxylation is 1. The summed E-state index contributed by atoms with van der Waals surface area (Å²) in [7, 11) is 0. The van der Waals surface area contributed by atoms with Crippen LogP contribution < -0.4 is 11.2 Å². The van der Waals surface area contributed by atoms with Gasteiger partial charge in [0, 0.05) is 12.6 Å². The number of aromatic nitrogens is 2. The molecule has 0 radical (unpaired) electrons. The highest BCUT2D eigenvalue weighted by atomic mass is 19.4. The molecule has 1 N–H and O–H groups in total. The summed E-state index contributed by atoms with van der Waals surface area (Å²) in [5.41, 5.74) is -1.78. The Morgan fingerprint density at radius 1 is 1.21 bits per heavy atom. The Morgan fingerprint density at radius 3 is 2.54 bits per heavy atom. The van der Waals surface area contributed by atoms with Crippen LogP contribution in [-0.2, 0) is 19.1 Å². The molecule has 1 saturated carbocycles. The molecule has 0 unspecified atom stereocenters. The van der Waals surface area contributed by atoms with E-state index in [9.17, 15) is 27.9 Å². The van der Waals surface area contributed by atoms with Gasteiger partial charge in [-0.3, -0.25) is 13.9 Å². The zero-order valence-corrected chi connectivity index (χ0v) is 15.8. The van der Waals surface area contributed by atoms with Crippen molar-refractivity contribution in [3.63, 3.8) is 0 Å². The van der Waals surface area contributed by atoms with Gasteiger partial charge in [-0.15, -0.1) is 0 Å². The second kappa shape index (κ2) is 7.14. The minimum atomic E-state index is -4.45. The van der Waals surface area contributed by atoms with E-state index in [0.29, 0.717) is 12.0 Å². The topological polar surface area (TPSA) is 64.2 Å². The summed E-state index contributed by atoms with van der Waals surface area (Å²) in [6, 6.07) is 5.58. The molecule has 3 rings (SSSR count). The van der Waals surface area contributed by atoms with Crippen LogP contribution in [0.15, 0.2) is 39.9 Å². The molecule has 0 saturated heterocycles. The van der Waals surface area contributed by atoms with Crippen molar-refractivity contribution in [1.82, 2.24) is 9.13 Å². The second-order valence-corrected chi connectivity index (χ2v) is 7.99. The van der Waals surface area contributed by atoms with E-state index in [4.69, 9.17) is 0 Å². The quantitative estimate of drug-likeness (QED) is 0.857. The molecule has 1 aromatic heterocycles. The fourth-order valence-corrected chi connectivity index (χ4v) is 4.01. The van der Waals surface area contributed by atoms with Crippen LogP contribution in [0.3, 0.4) is 0 Å². The summed E-state index contributed by atoms with van der Waals surface area (Å²) in [5.74, 6) is -0.478. The van der Waals surface area contributed by atoms with Gasteiger partial charge in [-0.05, 0) is 36.3 Å². The Labute approximate surface area is 160 Å². The first kappa shape index (κ1) is 20.2. The fraction of sp³-hybridized carbons (Fsp3) is 0.500. The lowest BCUT2D eigenvalue weighted by atomic mass is 9.87.